The van der Waals surface area contributed by atoms with Crippen molar-refractivity contribution in [2.24, 2.45) is 46.3 Å². The van der Waals surface area contributed by atoms with Crippen molar-refractivity contribution in [2.75, 3.05) is 26.4 Å². The maximum atomic E-state index is 12.3. The molecule has 21 heteroatoms. The molecule has 0 aromatic carbocycles. The van der Waals surface area contributed by atoms with Crippen LogP contribution in [0.3, 0.4) is 0 Å². The second-order valence-corrected chi connectivity index (χ2v) is 23.4. The van der Waals surface area contributed by atoms with E-state index in [2.05, 4.69) is 33.8 Å². The van der Waals surface area contributed by atoms with E-state index in [1.54, 1.807) is 0 Å². The molecule has 3 saturated carbocycles. The number of hydrogen-bond acceptors (Lipinski definition) is 21. The van der Waals surface area contributed by atoms with Gasteiger partial charge >= 0.3 is 0 Å². The molecule has 0 aromatic rings. The summed E-state index contributed by atoms with van der Waals surface area (Å²) < 4.78 is 61.6. The summed E-state index contributed by atoms with van der Waals surface area (Å²) in [5, 5.41) is 119. The first-order valence-electron chi connectivity index (χ1n) is 26.3. The van der Waals surface area contributed by atoms with Crippen LogP contribution in [0, 0.1) is 46.3 Å². The molecule has 9 fully saturated rings. The molecule has 6 saturated heterocycles. The van der Waals surface area contributed by atoms with E-state index in [1.807, 2.05) is 0 Å². The van der Waals surface area contributed by atoms with Crippen LogP contribution < -0.4 is 0 Å². The minimum absolute atomic E-state index is 0.0780. The summed E-state index contributed by atoms with van der Waals surface area (Å²) >= 11 is 0. The Balaban J connectivity index is 0.856. The van der Waals surface area contributed by atoms with Crippen LogP contribution in [-0.4, -0.2) is 217 Å². The molecule has 21 nitrogen and oxygen atoms in total. The van der Waals surface area contributed by atoms with Crippen LogP contribution in [0.5, 0.6) is 0 Å². The second-order valence-electron chi connectivity index (χ2n) is 23.4. The number of ether oxygens (including phenoxy) is 10. The summed E-state index contributed by atoms with van der Waals surface area (Å²) in [5.74, 6) is 2.38. The van der Waals surface area contributed by atoms with Gasteiger partial charge in [-0.15, -0.1) is 0 Å². The lowest BCUT2D eigenvalue weighted by Gasteiger charge is -2.59. The van der Waals surface area contributed by atoms with Gasteiger partial charge in [-0.1, -0.05) is 39.3 Å². The van der Waals surface area contributed by atoms with E-state index in [0.29, 0.717) is 48.3 Å². The molecule has 6 heterocycles. The summed E-state index contributed by atoms with van der Waals surface area (Å²) in [6, 6.07) is 0. The molecule has 0 unspecified atom stereocenters. The van der Waals surface area contributed by atoms with E-state index in [9.17, 15) is 56.2 Å². The fourth-order valence-corrected chi connectivity index (χ4v) is 15.2. The van der Waals surface area contributed by atoms with Crippen molar-refractivity contribution in [3.05, 3.63) is 11.6 Å². The Bertz CT molecular complexity index is 1870. The summed E-state index contributed by atoms with van der Waals surface area (Å²) in [4.78, 5) is 0. The highest BCUT2D eigenvalue weighted by atomic mass is 16.8. The first kappa shape index (κ1) is 53.3. The molecule has 11 N–H and O–H groups in total. The molecule has 0 radical (unpaired) electrons. The van der Waals surface area contributed by atoms with Crippen molar-refractivity contribution in [2.45, 2.75) is 227 Å². The third-order valence-corrected chi connectivity index (χ3v) is 19.4. The number of fused-ring (bicyclic) bond motifs is 7. The summed E-state index contributed by atoms with van der Waals surface area (Å²) in [6.07, 6.45) is -20.1. The molecule has 71 heavy (non-hydrogen) atoms. The van der Waals surface area contributed by atoms with Gasteiger partial charge in [-0.25, -0.2) is 0 Å². The Morgan fingerprint density at radius 3 is 2.03 bits per heavy atom. The van der Waals surface area contributed by atoms with Gasteiger partial charge in [0, 0.05) is 12.3 Å². The van der Waals surface area contributed by atoms with Crippen molar-refractivity contribution < 1.29 is 104 Å². The van der Waals surface area contributed by atoms with Gasteiger partial charge in [0.15, 0.2) is 30.9 Å². The average molecular weight is 1020 g/mol. The first-order valence-corrected chi connectivity index (χ1v) is 26.3. The number of aliphatic hydroxyl groups excluding tert-OH is 11. The fraction of sp³-hybridized carbons (Fsp3) is 0.960. The predicted octanol–water partition coefficient (Wildman–Crippen LogP) is -1.32. The van der Waals surface area contributed by atoms with E-state index in [-0.39, 0.29) is 16.9 Å². The van der Waals surface area contributed by atoms with Gasteiger partial charge in [-0.3, -0.25) is 0 Å². The van der Waals surface area contributed by atoms with Crippen molar-refractivity contribution in [3.8, 4) is 0 Å². The van der Waals surface area contributed by atoms with Crippen molar-refractivity contribution in [3.63, 3.8) is 0 Å². The quantitative estimate of drug-likeness (QED) is 0.113. The lowest BCUT2D eigenvalue weighted by atomic mass is 9.47. The Labute approximate surface area is 414 Å². The van der Waals surface area contributed by atoms with Crippen LogP contribution in [0.2, 0.25) is 0 Å². The smallest absolute Gasteiger partial charge is 0.187 e. The fourth-order valence-electron chi connectivity index (χ4n) is 15.2. The Kier molecular flexibility index (Phi) is 15.3. The van der Waals surface area contributed by atoms with Crippen molar-refractivity contribution in [1.82, 2.24) is 0 Å². The molecule has 0 bridgehead atoms. The number of rotatable bonds is 10. The van der Waals surface area contributed by atoms with Gasteiger partial charge in [0.05, 0.1) is 44.7 Å². The van der Waals surface area contributed by atoms with E-state index in [0.717, 1.165) is 51.6 Å². The molecule has 10 rings (SSSR count). The zero-order chi connectivity index (χ0) is 50.6. The third kappa shape index (κ3) is 9.12. The summed E-state index contributed by atoms with van der Waals surface area (Å²) in [7, 11) is 0. The summed E-state index contributed by atoms with van der Waals surface area (Å²) in [5.41, 5.74) is 1.38. The molecule has 1 spiro atoms. The van der Waals surface area contributed by atoms with Crippen LogP contribution in [-0.2, 0) is 47.4 Å². The lowest BCUT2D eigenvalue weighted by Crippen LogP contribution is -2.67. The molecule has 0 aromatic heterocycles. The lowest BCUT2D eigenvalue weighted by molar-refractivity contribution is -0.395. The van der Waals surface area contributed by atoms with Gasteiger partial charge in [0.1, 0.15) is 85.5 Å². The van der Waals surface area contributed by atoms with Crippen LogP contribution in [0.25, 0.3) is 0 Å². The maximum Gasteiger partial charge on any atom is 0.187 e. The van der Waals surface area contributed by atoms with Gasteiger partial charge in [-0.2, -0.15) is 0 Å². The highest BCUT2D eigenvalue weighted by Crippen LogP contribution is 2.71. The predicted molar refractivity (Wildman–Crippen MR) is 241 cm³/mol. The average Bonchev–Trinajstić information content (AvgIpc) is 3.80. The van der Waals surface area contributed by atoms with Crippen LogP contribution in [0.4, 0.5) is 0 Å². The molecular weight excluding hydrogens is 937 g/mol. The molecule has 10 aliphatic rings. The third-order valence-electron chi connectivity index (χ3n) is 19.4. The van der Waals surface area contributed by atoms with Gasteiger partial charge in [-0.05, 0) is 98.7 Å². The zero-order valence-corrected chi connectivity index (χ0v) is 41.4. The number of aliphatic hydroxyl groups is 11. The van der Waals surface area contributed by atoms with E-state index < -0.39 is 148 Å². The minimum atomic E-state index is -1.93. The van der Waals surface area contributed by atoms with Gasteiger partial charge in [0.25, 0.3) is 0 Å². The maximum absolute atomic E-state index is 12.3. The highest BCUT2D eigenvalue weighted by Gasteiger charge is 2.69. The minimum Gasteiger partial charge on any atom is -0.394 e. The molecule has 406 valence electrons. The van der Waals surface area contributed by atoms with E-state index in [1.165, 1.54) is 12.5 Å². The number of allylic oxidation sites excluding steroid dienone is 1. The molecule has 6 aliphatic heterocycles. The topological polar surface area (TPSA) is 315 Å². The first-order chi connectivity index (χ1) is 33.7. The van der Waals surface area contributed by atoms with E-state index in [4.69, 9.17) is 47.4 Å². The van der Waals surface area contributed by atoms with Crippen LogP contribution >= 0.6 is 0 Å². The Hall–Kier alpha value is -1.10. The van der Waals surface area contributed by atoms with Crippen LogP contribution in [0.15, 0.2) is 11.6 Å². The summed E-state index contributed by atoms with van der Waals surface area (Å²) in [6.45, 7) is 9.73. The zero-order valence-electron chi connectivity index (χ0n) is 41.4. The Morgan fingerprint density at radius 2 is 1.31 bits per heavy atom. The largest absolute Gasteiger partial charge is 0.394 e. The van der Waals surface area contributed by atoms with Crippen molar-refractivity contribution >= 4 is 0 Å². The molecular formula is C50H80O21. The van der Waals surface area contributed by atoms with Crippen molar-refractivity contribution in [1.29, 1.82) is 0 Å². The monoisotopic (exact) mass is 1020 g/mol. The van der Waals surface area contributed by atoms with Crippen LogP contribution in [0.1, 0.15) is 92.4 Å². The highest BCUT2D eigenvalue weighted by molar-refractivity contribution is 5.26. The van der Waals surface area contributed by atoms with Gasteiger partial charge in [0.2, 0.25) is 0 Å². The molecule has 4 aliphatic carbocycles. The molecule has 0 amide bonds. The molecule has 30 atom stereocenters. The SMILES string of the molecule is C[C@H]1CC[C@@]2(OC1)O[C@H]1C[C@H]3[C@@H]4CC=C5C[C@@H](O[C@@H]6O[C@H](CO)[C@@H](O[C@@H]7O[C@H](CO)[C@@H](O)[C@H](O[C@@H]8OC[C@@H](O)[C@H](O)[C@H]8O)[C@H]7O)[C@H](O)[C@H]6O[C@@H]6O[C@@H](C)[C@H](O)[C@@H](O)[C@H]6O)CC[C@]5(C)[C@H]4CC[C@]3(C)[C@H]1[C@@H]2C. The van der Waals surface area contributed by atoms with Gasteiger partial charge < -0.3 is 104 Å². The Morgan fingerprint density at radius 1 is 0.620 bits per heavy atom. The number of hydrogen-bond donors (Lipinski definition) is 11. The standard InChI is InChI=1S/C50H80O21/c1-20-8-13-50(63-18-20)21(2)32-29(71-50)15-27-25-7-6-23-14-24(9-11-48(23,4)26(25)10-12-49(27,32)5)65-47-43(70-45-38(59)36(57)33(54)22(3)64-45)39(60)41(31(17-52)67-47)68-46-40(61)42(35(56)30(16-51)66-46)69-44-37(58)34(55)28(53)19-62-44/h6,20-22,24-47,51-61H,7-19H2,1-5H3/t20-,21-,22-,24-,25+,26-,27-,28+,29-,30+,31+,32-,33-,34-,35+,36+,37+,38+,39-,40+,41+,42-,43+,44-,45-,46-,47+,48-,49-,50+/m0/s1. The normalized spacial score (nSPS) is 57.4. The van der Waals surface area contributed by atoms with E-state index >= 15 is 0 Å². The second kappa shape index (κ2) is 20.4.